The van der Waals surface area contributed by atoms with E-state index in [4.69, 9.17) is 10.2 Å². The third-order valence-electron chi connectivity index (χ3n) is 2.31. The summed E-state index contributed by atoms with van der Waals surface area (Å²) in [5.74, 6) is -1.55. The number of aryl methyl sites for hydroxylation is 2. The Kier molecular flexibility index (Phi) is 4.65. The Morgan fingerprint density at radius 2 is 2.12 bits per heavy atom. The summed E-state index contributed by atoms with van der Waals surface area (Å²) in [6.07, 6.45) is 0.00321. The van der Waals surface area contributed by atoms with Crippen LogP contribution in [0.3, 0.4) is 0 Å². The second-order valence-corrected chi connectivity index (χ2v) is 5.16. The van der Waals surface area contributed by atoms with Gasteiger partial charge in [0.2, 0.25) is 0 Å². The summed E-state index contributed by atoms with van der Waals surface area (Å²) in [5, 5.41) is 20.0. The lowest BCUT2D eigenvalue weighted by Crippen LogP contribution is -2.41. The summed E-state index contributed by atoms with van der Waals surface area (Å²) >= 11 is 1.49. The van der Waals surface area contributed by atoms with Crippen LogP contribution in [0.4, 0.5) is 0 Å². The Morgan fingerprint density at radius 3 is 2.53 bits per heavy atom. The van der Waals surface area contributed by atoms with Crippen LogP contribution < -0.4 is 5.32 Å². The first-order valence-electron chi connectivity index (χ1n) is 5.17. The number of carbonyl (C=O) groups excluding carboxylic acids is 1. The van der Waals surface area contributed by atoms with Crippen LogP contribution in [0.2, 0.25) is 0 Å². The molecule has 0 fully saturated rings. The lowest BCUT2D eigenvalue weighted by molar-refractivity contribution is -0.139. The second-order valence-electron chi connectivity index (χ2n) is 3.70. The average Bonchev–Trinajstić information content (AvgIpc) is 2.57. The number of aliphatic hydroxyl groups is 1. The van der Waals surface area contributed by atoms with Crippen molar-refractivity contribution in [2.75, 3.05) is 6.61 Å². The Morgan fingerprint density at radius 1 is 1.47 bits per heavy atom. The van der Waals surface area contributed by atoms with Gasteiger partial charge in [0.05, 0.1) is 5.56 Å². The maximum absolute atomic E-state index is 11.8. The smallest absolute Gasteiger partial charge is 0.326 e. The van der Waals surface area contributed by atoms with E-state index in [0.717, 1.165) is 9.75 Å². The standard InChI is InChI=1S/C11H15NO4S/c1-6-5-8(7(2)17-6)10(14)12-9(3-4-13)11(15)16/h5,9,13H,3-4H2,1-2H3,(H,12,14)(H,15,16)/t9-/m0/s1. The van der Waals surface area contributed by atoms with Crippen molar-refractivity contribution in [2.24, 2.45) is 0 Å². The highest BCUT2D eigenvalue weighted by Crippen LogP contribution is 2.20. The molecule has 0 unspecified atom stereocenters. The molecule has 0 aliphatic carbocycles. The number of aliphatic carboxylic acids is 1. The summed E-state index contributed by atoms with van der Waals surface area (Å²) < 4.78 is 0. The van der Waals surface area contributed by atoms with Crippen molar-refractivity contribution in [3.8, 4) is 0 Å². The molecule has 0 saturated heterocycles. The summed E-state index contributed by atoms with van der Waals surface area (Å²) in [6, 6.07) is 0.680. The summed E-state index contributed by atoms with van der Waals surface area (Å²) in [6.45, 7) is 3.42. The number of hydrogen-bond acceptors (Lipinski definition) is 4. The van der Waals surface area contributed by atoms with E-state index in [0.29, 0.717) is 5.56 Å². The highest BCUT2D eigenvalue weighted by atomic mass is 32.1. The van der Waals surface area contributed by atoms with E-state index in [-0.39, 0.29) is 13.0 Å². The molecule has 1 aromatic heterocycles. The molecule has 0 bridgehead atoms. The second kappa shape index (κ2) is 5.79. The van der Waals surface area contributed by atoms with E-state index >= 15 is 0 Å². The van der Waals surface area contributed by atoms with Gasteiger partial charge < -0.3 is 15.5 Å². The van der Waals surface area contributed by atoms with Crippen LogP contribution in [0, 0.1) is 13.8 Å². The minimum atomic E-state index is -1.14. The topological polar surface area (TPSA) is 86.6 Å². The fourth-order valence-electron chi connectivity index (χ4n) is 1.48. The van der Waals surface area contributed by atoms with E-state index in [2.05, 4.69) is 5.32 Å². The summed E-state index contributed by atoms with van der Waals surface area (Å²) in [5.41, 5.74) is 0.497. The maximum Gasteiger partial charge on any atom is 0.326 e. The first-order valence-corrected chi connectivity index (χ1v) is 5.99. The predicted octanol–water partition coefficient (Wildman–Crippen LogP) is 0.930. The van der Waals surface area contributed by atoms with Gasteiger partial charge in [-0.05, 0) is 19.9 Å². The molecule has 17 heavy (non-hydrogen) atoms. The van der Waals surface area contributed by atoms with Crippen molar-refractivity contribution in [1.82, 2.24) is 5.32 Å². The highest BCUT2D eigenvalue weighted by Gasteiger charge is 2.21. The predicted molar refractivity (Wildman–Crippen MR) is 64.4 cm³/mol. The lowest BCUT2D eigenvalue weighted by Gasteiger charge is -2.12. The molecule has 0 saturated carbocycles. The molecule has 1 amide bonds. The van der Waals surface area contributed by atoms with Crippen molar-refractivity contribution < 1.29 is 19.8 Å². The zero-order chi connectivity index (χ0) is 13.0. The molecule has 1 heterocycles. The number of carbonyl (C=O) groups is 2. The van der Waals surface area contributed by atoms with E-state index in [9.17, 15) is 9.59 Å². The number of carboxylic acid groups (broad SMARTS) is 1. The Hall–Kier alpha value is -1.40. The van der Waals surface area contributed by atoms with Crippen molar-refractivity contribution in [3.63, 3.8) is 0 Å². The Bertz CT molecular complexity index is 427. The molecule has 0 spiro atoms. The minimum absolute atomic E-state index is 0.00321. The van der Waals surface area contributed by atoms with Crippen LogP contribution in [0.25, 0.3) is 0 Å². The van der Waals surface area contributed by atoms with Crippen LogP contribution in [-0.2, 0) is 4.79 Å². The number of nitrogens with one attached hydrogen (secondary N) is 1. The monoisotopic (exact) mass is 257 g/mol. The SMILES string of the molecule is Cc1cc(C(=O)N[C@@H](CCO)C(=O)O)c(C)s1. The largest absolute Gasteiger partial charge is 0.480 e. The minimum Gasteiger partial charge on any atom is -0.480 e. The molecule has 3 N–H and O–H groups in total. The van der Waals surface area contributed by atoms with Crippen molar-refractivity contribution in [2.45, 2.75) is 26.3 Å². The van der Waals surface area contributed by atoms with E-state index in [1.54, 1.807) is 6.07 Å². The molecule has 1 aromatic rings. The molecule has 0 aliphatic heterocycles. The van der Waals surface area contributed by atoms with Crippen LogP contribution in [0.15, 0.2) is 6.07 Å². The Balaban J connectivity index is 2.77. The van der Waals surface area contributed by atoms with Crippen molar-refractivity contribution in [3.05, 3.63) is 21.4 Å². The molecular weight excluding hydrogens is 242 g/mol. The number of rotatable bonds is 5. The summed E-state index contributed by atoms with van der Waals surface area (Å²) in [4.78, 5) is 24.5. The van der Waals surface area contributed by atoms with Crippen molar-refractivity contribution in [1.29, 1.82) is 0 Å². The van der Waals surface area contributed by atoms with E-state index < -0.39 is 17.9 Å². The molecule has 1 rings (SSSR count). The van der Waals surface area contributed by atoms with Gasteiger partial charge in [-0.1, -0.05) is 0 Å². The van der Waals surface area contributed by atoms with E-state index in [1.165, 1.54) is 11.3 Å². The quantitative estimate of drug-likeness (QED) is 0.732. The average molecular weight is 257 g/mol. The number of thiophene rings is 1. The first-order chi connectivity index (χ1) is 7.95. The van der Waals surface area contributed by atoms with Crippen LogP contribution in [0.5, 0.6) is 0 Å². The van der Waals surface area contributed by atoms with Gasteiger partial charge in [0.15, 0.2) is 0 Å². The van der Waals surface area contributed by atoms with Gasteiger partial charge >= 0.3 is 5.97 Å². The Labute approximate surface area is 103 Å². The van der Waals surface area contributed by atoms with Gasteiger partial charge in [0.25, 0.3) is 5.91 Å². The zero-order valence-electron chi connectivity index (χ0n) is 9.69. The van der Waals surface area contributed by atoms with Gasteiger partial charge in [0.1, 0.15) is 6.04 Å². The molecule has 1 atom stereocenters. The first kappa shape index (κ1) is 13.7. The molecule has 0 radical (unpaired) electrons. The zero-order valence-corrected chi connectivity index (χ0v) is 10.5. The highest BCUT2D eigenvalue weighted by molar-refractivity contribution is 7.12. The lowest BCUT2D eigenvalue weighted by atomic mass is 10.2. The number of hydrogen-bond donors (Lipinski definition) is 3. The third kappa shape index (κ3) is 3.54. The number of amides is 1. The van der Waals surface area contributed by atoms with Gasteiger partial charge in [-0.25, -0.2) is 4.79 Å². The number of carboxylic acids is 1. The fourth-order valence-corrected chi connectivity index (χ4v) is 2.40. The van der Waals surface area contributed by atoms with Crippen LogP contribution >= 0.6 is 11.3 Å². The molecule has 6 heteroatoms. The van der Waals surface area contributed by atoms with Gasteiger partial charge in [-0.15, -0.1) is 11.3 Å². The van der Waals surface area contributed by atoms with Gasteiger partial charge in [-0.3, -0.25) is 4.79 Å². The van der Waals surface area contributed by atoms with E-state index in [1.807, 2.05) is 13.8 Å². The third-order valence-corrected chi connectivity index (χ3v) is 3.27. The number of aliphatic hydroxyl groups excluding tert-OH is 1. The molecule has 5 nitrogen and oxygen atoms in total. The molecule has 0 aromatic carbocycles. The maximum atomic E-state index is 11.8. The van der Waals surface area contributed by atoms with Crippen LogP contribution in [-0.4, -0.2) is 34.7 Å². The normalized spacial score (nSPS) is 12.2. The summed E-state index contributed by atoms with van der Waals surface area (Å²) in [7, 11) is 0. The fraction of sp³-hybridized carbons (Fsp3) is 0.455. The molecular formula is C11H15NO4S. The van der Waals surface area contributed by atoms with Gasteiger partial charge in [-0.2, -0.15) is 0 Å². The molecule has 0 aliphatic rings. The van der Waals surface area contributed by atoms with Crippen molar-refractivity contribution >= 4 is 23.2 Å². The van der Waals surface area contributed by atoms with Crippen LogP contribution in [0.1, 0.15) is 26.5 Å². The molecule has 94 valence electrons. The van der Waals surface area contributed by atoms with Gasteiger partial charge in [0, 0.05) is 22.8 Å².